The topological polar surface area (TPSA) is 66.5 Å². The third kappa shape index (κ3) is 5.00. The average molecular weight is 495 g/mol. The highest BCUT2D eigenvalue weighted by Crippen LogP contribution is 2.60. The van der Waals surface area contributed by atoms with Crippen LogP contribution in [0.15, 0.2) is 48.5 Å². The van der Waals surface area contributed by atoms with Crippen LogP contribution in [0.2, 0.25) is 0 Å². The molecule has 0 radical (unpaired) electrons. The van der Waals surface area contributed by atoms with E-state index in [0.29, 0.717) is 5.69 Å². The minimum Gasteiger partial charge on any atom is -0.348 e. The minimum absolute atomic E-state index is 0.150. The largest absolute Gasteiger partial charge is 0.348 e. The molecule has 4 bridgehead atoms. The van der Waals surface area contributed by atoms with Crippen molar-refractivity contribution in [1.29, 1.82) is 0 Å². The van der Waals surface area contributed by atoms with E-state index in [4.69, 9.17) is 0 Å². The highest BCUT2D eigenvalue weighted by Gasteiger charge is 2.51. The summed E-state index contributed by atoms with van der Waals surface area (Å²) in [5.41, 5.74) is 4.36. The van der Waals surface area contributed by atoms with Gasteiger partial charge in [0.05, 0.1) is 18.0 Å². The van der Waals surface area contributed by atoms with E-state index in [-0.39, 0.29) is 23.9 Å². The van der Waals surface area contributed by atoms with Crippen molar-refractivity contribution < 1.29 is 13.2 Å². The molecule has 5 nitrogen and oxygen atoms in total. The number of amides is 1. The lowest BCUT2D eigenvalue weighted by molar-refractivity contribution is -0.120. The number of nitrogens with zero attached hydrogens (tertiary/aromatic N) is 1. The van der Waals surface area contributed by atoms with Gasteiger partial charge in [0.1, 0.15) is 6.54 Å². The molecule has 1 amide bonds. The fourth-order valence-electron chi connectivity index (χ4n) is 7.44. The summed E-state index contributed by atoms with van der Waals surface area (Å²) in [6, 6.07) is 16.0. The number of anilines is 1. The van der Waals surface area contributed by atoms with Gasteiger partial charge in [0.25, 0.3) is 0 Å². The quantitative estimate of drug-likeness (QED) is 0.527. The Bertz CT molecular complexity index is 1140. The maximum absolute atomic E-state index is 13.0. The molecule has 0 spiro atoms. The second-order valence-electron chi connectivity index (χ2n) is 11.5. The van der Waals surface area contributed by atoms with Crippen LogP contribution in [-0.2, 0) is 20.2 Å². The molecule has 0 heterocycles. The number of benzene rings is 2. The van der Waals surface area contributed by atoms with Gasteiger partial charge in [-0.2, -0.15) is 0 Å². The third-order valence-electron chi connectivity index (χ3n) is 8.72. The zero-order valence-electron chi connectivity index (χ0n) is 21.2. The van der Waals surface area contributed by atoms with Crippen molar-refractivity contribution in [3.05, 3.63) is 65.2 Å². The Morgan fingerprint density at radius 3 is 2.00 bits per heavy atom. The molecule has 4 aliphatic carbocycles. The minimum atomic E-state index is -3.61. The first-order chi connectivity index (χ1) is 16.6. The molecule has 0 unspecified atom stereocenters. The van der Waals surface area contributed by atoms with E-state index >= 15 is 0 Å². The molecule has 1 N–H and O–H groups in total. The van der Waals surface area contributed by atoms with Gasteiger partial charge in [0.2, 0.25) is 15.9 Å². The van der Waals surface area contributed by atoms with Crippen LogP contribution < -0.4 is 9.62 Å². The van der Waals surface area contributed by atoms with Crippen LogP contribution in [0, 0.1) is 24.7 Å². The molecule has 4 saturated carbocycles. The Balaban J connectivity index is 1.32. The third-order valence-corrected chi connectivity index (χ3v) is 9.86. The number of hydrogen-bond acceptors (Lipinski definition) is 3. The molecular formula is C29H38N2O3S. The summed E-state index contributed by atoms with van der Waals surface area (Å²) in [7, 11) is -3.61. The lowest BCUT2D eigenvalue weighted by Gasteiger charge is -2.57. The normalized spacial score (nSPS) is 28.0. The number of rotatable bonds is 8. The summed E-state index contributed by atoms with van der Waals surface area (Å²) < 4.78 is 26.6. The molecule has 2 aromatic carbocycles. The van der Waals surface area contributed by atoms with Gasteiger partial charge in [-0.05, 0) is 98.3 Å². The van der Waals surface area contributed by atoms with Crippen molar-refractivity contribution in [2.45, 2.75) is 70.3 Å². The fraction of sp³-hybridized carbons (Fsp3) is 0.552. The lowest BCUT2D eigenvalue weighted by Crippen LogP contribution is -2.48. The highest BCUT2D eigenvalue weighted by molar-refractivity contribution is 7.92. The Kier molecular flexibility index (Phi) is 6.45. The SMILES string of the molecule is CC[C@H](NC(=O)CN(c1ccc(C23CC4CC(CC(C4)C2)C3)cc1)S(C)(=O)=O)c1ccc(C)cc1. The van der Waals surface area contributed by atoms with E-state index < -0.39 is 10.0 Å². The van der Waals surface area contributed by atoms with Gasteiger partial charge >= 0.3 is 0 Å². The molecule has 0 aromatic heterocycles. The molecule has 0 saturated heterocycles. The lowest BCUT2D eigenvalue weighted by atomic mass is 9.48. The Morgan fingerprint density at radius 2 is 1.51 bits per heavy atom. The van der Waals surface area contributed by atoms with E-state index in [1.165, 1.54) is 54.6 Å². The summed E-state index contributed by atoms with van der Waals surface area (Å²) in [6.07, 6.45) is 9.91. The molecule has 0 aliphatic heterocycles. The summed E-state index contributed by atoms with van der Waals surface area (Å²) in [4.78, 5) is 13.0. The van der Waals surface area contributed by atoms with Crippen LogP contribution in [0.1, 0.15) is 74.6 Å². The average Bonchev–Trinajstić information content (AvgIpc) is 2.80. The molecule has 6 rings (SSSR count). The van der Waals surface area contributed by atoms with Gasteiger partial charge in [-0.3, -0.25) is 9.10 Å². The second-order valence-corrected chi connectivity index (χ2v) is 13.4. The molecule has 4 aliphatic rings. The van der Waals surface area contributed by atoms with Crippen LogP contribution in [0.3, 0.4) is 0 Å². The van der Waals surface area contributed by atoms with Gasteiger partial charge in [0, 0.05) is 0 Å². The highest BCUT2D eigenvalue weighted by atomic mass is 32.2. The van der Waals surface area contributed by atoms with Crippen LogP contribution in [0.25, 0.3) is 0 Å². The molecule has 35 heavy (non-hydrogen) atoms. The van der Waals surface area contributed by atoms with E-state index in [0.717, 1.165) is 35.3 Å². The van der Waals surface area contributed by atoms with Crippen LogP contribution in [0.5, 0.6) is 0 Å². The zero-order chi connectivity index (χ0) is 24.8. The van der Waals surface area contributed by atoms with Crippen molar-refractivity contribution in [3.63, 3.8) is 0 Å². The number of hydrogen-bond donors (Lipinski definition) is 1. The molecular weight excluding hydrogens is 456 g/mol. The molecule has 4 fully saturated rings. The first kappa shape index (κ1) is 24.4. The van der Waals surface area contributed by atoms with E-state index in [1.54, 1.807) is 0 Å². The van der Waals surface area contributed by atoms with Gasteiger partial charge in [-0.15, -0.1) is 0 Å². The van der Waals surface area contributed by atoms with Crippen LogP contribution in [-0.4, -0.2) is 27.1 Å². The predicted molar refractivity (Wildman–Crippen MR) is 141 cm³/mol. The molecule has 2 aromatic rings. The summed E-state index contributed by atoms with van der Waals surface area (Å²) in [5, 5.41) is 3.03. The van der Waals surface area contributed by atoms with Gasteiger partial charge in [-0.25, -0.2) is 8.42 Å². The number of sulfonamides is 1. The van der Waals surface area contributed by atoms with Gasteiger partial charge in [-0.1, -0.05) is 48.9 Å². The monoisotopic (exact) mass is 494 g/mol. The van der Waals surface area contributed by atoms with Gasteiger partial charge in [0.15, 0.2) is 0 Å². The zero-order valence-corrected chi connectivity index (χ0v) is 22.0. The predicted octanol–water partition coefficient (Wildman–Crippen LogP) is 5.50. The van der Waals surface area contributed by atoms with Crippen molar-refractivity contribution in [3.8, 4) is 0 Å². The smallest absolute Gasteiger partial charge is 0.241 e. The van der Waals surface area contributed by atoms with Crippen molar-refractivity contribution in [2.24, 2.45) is 17.8 Å². The molecule has 1 atom stereocenters. The number of aryl methyl sites for hydroxylation is 1. The summed E-state index contributed by atoms with van der Waals surface area (Å²) in [5.74, 6) is 2.28. The number of nitrogens with one attached hydrogen (secondary N) is 1. The first-order valence-electron chi connectivity index (χ1n) is 13.1. The first-order valence-corrected chi connectivity index (χ1v) is 14.9. The van der Waals surface area contributed by atoms with Gasteiger partial charge < -0.3 is 5.32 Å². The second kappa shape index (κ2) is 9.27. The Labute approximate surface area is 210 Å². The maximum Gasteiger partial charge on any atom is 0.241 e. The van der Waals surface area contributed by atoms with Crippen molar-refractivity contribution in [2.75, 3.05) is 17.1 Å². The van der Waals surface area contributed by atoms with Crippen molar-refractivity contribution in [1.82, 2.24) is 5.32 Å². The van der Waals surface area contributed by atoms with Crippen LogP contribution >= 0.6 is 0 Å². The maximum atomic E-state index is 13.0. The van der Waals surface area contributed by atoms with E-state index in [9.17, 15) is 13.2 Å². The summed E-state index contributed by atoms with van der Waals surface area (Å²) in [6.45, 7) is 3.82. The van der Waals surface area contributed by atoms with Crippen LogP contribution in [0.4, 0.5) is 5.69 Å². The fourth-order valence-corrected chi connectivity index (χ4v) is 8.29. The van der Waals surface area contributed by atoms with E-state index in [2.05, 4.69) is 17.4 Å². The Hall–Kier alpha value is -2.34. The summed E-state index contributed by atoms with van der Waals surface area (Å²) >= 11 is 0. The molecule has 6 heteroatoms. The standard InChI is InChI=1S/C29H38N2O3S/c1-4-27(24-7-5-20(2)6-8-24)30-28(32)19-31(35(3,33)34)26-11-9-25(10-12-26)29-16-21-13-22(17-29)15-23(14-21)18-29/h5-12,21-23,27H,4,13-19H2,1-3H3,(H,30,32)/t21?,22?,23?,27-,29?/m0/s1. The molecule has 188 valence electrons. The van der Waals surface area contributed by atoms with E-state index in [1.807, 2.05) is 50.2 Å². The number of carbonyl (C=O) groups excluding carboxylic acids is 1. The Morgan fingerprint density at radius 1 is 0.971 bits per heavy atom. The number of carbonyl (C=O) groups is 1. The van der Waals surface area contributed by atoms with Crippen molar-refractivity contribution >= 4 is 21.6 Å².